The molecule has 0 saturated heterocycles. The molecule has 0 fully saturated rings. The van der Waals surface area contributed by atoms with Gasteiger partial charge in [-0.05, 0) is 27.1 Å². The van der Waals surface area contributed by atoms with Crippen molar-refractivity contribution >= 4 is 12.0 Å². The van der Waals surface area contributed by atoms with Gasteiger partial charge in [-0.2, -0.15) is 0 Å². The molecule has 0 aromatic carbocycles. The van der Waals surface area contributed by atoms with E-state index in [0.717, 1.165) is 13.0 Å². The van der Waals surface area contributed by atoms with Crippen molar-refractivity contribution in [3.05, 3.63) is 0 Å². The van der Waals surface area contributed by atoms with Crippen LogP contribution in [-0.4, -0.2) is 80.9 Å². The Labute approximate surface area is 108 Å². The number of rotatable bonds is 8. The summed E-state index contributed by atoms with van der Waals surface area (Å²) in [5, 5.41) is 11.3. The molecule has 0 heterocycles. The van der Waals surface area contributed by atoms with Gasteiger partial charge in [0.05, 0.1) is 6.54 Å². The van der Waals surface area contributed by atoms with Gasteiger partial charge in [0.15, 0.2) is 6.10 Å². The van der Waals surface area contributed by atoms with Gasteiger partial charge in [-0.25, -0.2) is 9.59 Å². The number of hydrogen-bond acceptors (Lipinski definition) is 4. The standard InChI is InChI=1S/C11H23N3O4/c1-13(2)6-5-7-14(3)11(17)12-8-9(18-4)10(15)16/h9H,5-8H2,1-4H3,(H,12,17)(H,15,16). The van der Waals surface area contributed by atoms with Crippen molar-refractivity contribution < 1.29 is 19.4 Å². The van der Waals surface area contributed by atoms with E-state index in [9.17, 15) is 9.59 Å². The highest BCUT2D eigenvalue weighted by molar-refractivity contribution is 5.76. The van der Waals surface area contributed by atoms with Gasteiger partial charge >= 0.3 is 12.0 Å². The number of carboxylic acid groups (broad SMARTS) is 1. The lowest BCUT2D eigenvalue weighted by Crippen LogP contribution is -2.44. The lowest BCUT2D eigenvalue weighted by atomic mass is 10.3. The van der Waals surface area contributed by atoms with Crippen molar-refractivity contribution in [2.75, 3.05) is 47.9 Å². The molecule has 0 aliphatic carbocycles. The summed E-state index contributed by atoms with van der Waals surface area (Å²) in [6, 6.07) is -0.294. The van der Waals surface area contributed by atoms with Crippen LogP contribution >= 0.6 is 0 Å². The molecule has 0 bridgehead atoms. The van der Waals surface area contributed by atoms with Crippen molar-refractivity contribution in [3.63, 3.8) is 0 Å². The molecule has 0 rings (SSSR count). The minimum Gasteiger partial charge on any atom is -0.479 e. The minimum atomic E-state index is -1.09. The van der Waals surface area contributed by atoms with Crippen molar-refractivity contribution in [1.82, 2.24) is 15.1 Å². The van der Waals surface area contributed by atoms with Crippen LogP contribution in [0.25, 0.3) is 0 Å². The zero-order valence-electron chi connectivity index (χ0n) is 11.5. The highest BCUT2D eigenvalue weighted by atomic mass is 16.5. The number of methoxy groups -OCH3 is 1. The van der Waals surface area contributed by atoms with Gasteiger partial charge in [0.25, 0.3) is 0 Å². The molecule has 2 N–H and O–H groups in total. The Hall–Kier alpha value is -1.34. The van der Waals surface area contributed by atoms with Crippen LogP contribution in [0.15, 0.2) is 0 Å². The number of hydrogen-bond donors (Lipinski definition) is 2. The fraction of sp³-hybridized carbons (Fsp3) is 0.818. The minimum absolute atomic E-state index is 0.0390. The second-order valence-electron chi connectivity index (χ2n) is 4.33. The predicted molar refractivity (Wildman–Crippen MR) is 67.6 cm³/mol. The van der Waals surface area contributed by atoms with Crippen LogP contribution in [0.1, 0.15) is 6.42 Å². The number of nitrogens with zero attached hydrogens (tertiary/aromatic N) is 2. The van der Waals surface area contributed by atoms with Crippen molar-refractivity contribution in [2.45, 2.75) is 12.5 Å². The van der Waals surface area contributed by atoms with Crippen molar-refractivity contribution in [1.29, 1.82) is 0 Å². The van der Waals surface area contributed by atoms with Gasteiger partial charge in [-0.3, -0.25) is 0 Å². The van der Waals surface area contributed by atoms with Crippen LogP contribution in [-0.2, 0) is 9.53 Å². The molecule has 1 atom stereocenters. The van der Waals surface area contributed by atoms with E-state index in [1.165, 1.54) is 12.0 Å². The van der Waals surface area contributed by atoms with E-state index in [0.29, 0.717) is 6.54 Å². The molecule has 18 heavy (non-hydrogen) atoms. The van der Waals surface area contributed by atoms with E-state index >= 15 is 0 Å². The molecular weight excluding hydrogens is 238 g/mol. The fourth-order valence-corrected chi connectivity index (χ4v) is 1.31. The molecule has 0 radical (unpaired) electrons. The van der Waals surface area contributed by atoms with Gasteiger partial charge in [-0.15, -0.1) is 0 Å². The topological polar surface area (TPSA) is 82.1 Å². The second kappa shape index (κ2) is 8.71. The van der Waals surface area contributed by atoms with E-state index in [1.54, 1.807) is 7.05 Å². The normalized spacial score (nSPS) is 12.3. The SMILES string of the molecule is COC(CNC(=O)N(C)CCCN(C)C)C(=O)O. The molecule has 0 aromatic rings. The molecule has 7 heteroatoms. The first-order chi connectivity index (χ1) is 8.38. The van der Waals surface area contributed by atoms with Crippen LogP contribution in [0.3, 0.4) is 0 Å². The Balaban J connectivity index is 3.90. The van der Waals surface area contributed by atoms with Crippen LogP contribution in [0.4, 0.5) is 4.79 Å². The van der Waals surface area contributed by atoms with E-state index in [2.05, 4.69) is 5.32 Å². The van der Waals surface area contributed by atoms with Gasteiger partial charge in [0.1, 0.15) is 0 Å². The molecule has 0 spiro atoms. The molecule has 0 saturated carbocycles. The zero-order chi connectivity index (χ0) is 14.1. The van der Waals surface area contributed by atoms with Crippen LogP contribution < -0.4 is 5.32 Å². The van der Waals surface area contributed by atoms with E-state index in [4.69, 9.17) is 9.84 Å². The number of carboxylic acids is 1. The first kappa shape index (κ1) is 16.7. The third-order valence-electron chi connectivity index (χ3n) is 2.44. The third kappa shape index (κ3) is 7.08. The Morgan fingerprint density at radius 3 is 2.33 bits per heavy atom. The number of urea groups is 1. The van der Waals surface area contributed by atoms with E-state index in [-0.39, 0.29) is 12.6 Å². The van der Waals surface area contributed by atoms with Crippen LogP contribution in [0.2, 0.25) is 0 Å². The summed E-state index contributed by atoms with van der Waals surface area (Å²) < 4.78 is 4.72. The molecule has 106 valence electrons. The second-order valence-corrected chi connectivity index (χ2v) is 4.33. The first-order valence-corrected chi connectivity index (χ1v) is 5.77. The molecule has 7 nitrogen and oxygen atoms in total. The molecular formula is C11H23N3O4. The number of carbonyl (C=O) groups is 2. The fourth-order valence-electron chi connectivity index (χ4n) is 1.31. The van der Waals surface area contributed by atoms with Crippen LogP contribution in [0, 0.1) is 0 Å². The highest BCUT2D eigenvalue weighted by Crippen LogP contribution is 1.92. The maximum Gasteiger partial charge on any atom is 0.334 e. The van der Waals surface area contributed by atoms with Crippen LogP contribution in [0.5, 0.6) is 0 Å². The number of amides is 2. The Kier molecular flexibility index (Phi) is 8.06. The maximum absolute atomic E-state index is 11.6. The zero-order valence-corrected chi connectivity index (χ0v) is 11.5. The third-order valence-corrected chi connectivity index (χ3v) is 2.44. The number of aliphatic carboxylic acids is 1. The average molecular weight is 261 g/mol. The summed E-state index contributed by atoms with van der Waals surface area (Å²) in [5.74, 6) is -1.09. The maximum atomic E-state index is 11.6. The number of ether oxygens (including phenoxy) is 1. The quantitative estimate of drug-likeness (QED) is 0.626. The number of nitrogens with one attached hydrogen (secondary N) is 1. The predicted octanol–water partition coefficient (Wildman–Crippen LogP) is -0.321. The van der Waals surface area contributed by atoms with Crippen molar-refractivity contribution in [2.24, 2.45) is 0 Å². The summed E-state index contributed by atoms with van der Waals surface area (Å²) in [6.45, 7) is 1.48. The lowest BCUT2D eigenvalue weighted by molar-refractivity contribution is -0.148. The number of carbonyl (C=O) groups excluding carboxylic acids is 1. The van der Waals surface area contributed by atoms with Gasteiger partial charge in [-0.1, -0.05) is 0 Å². The van der Waals surface area contributed by atoms with Gasteiger partial charge < -0.3 is 25.0 Å². The summed E-state index contributed by atoms with van der Waals surface area (Å²) in [4.78, 5) is 25.8. The smallest absolute Gasteiger partial charge is 0.334 e. The van der Waals surface area contributed by atoms with Gasteiger partial charge in [0.2, 0.25) is 0 Å². The van der Waals surface area contributed by atoms with E-state index in [1.807, 2.05) is 19.0 Å². The molecule has 0 aliphatic heterocycles. The molecule has 1 unspecified atom stereocenters. The molecule has 0 aromatic heterocycles. The summed E-state index contributed by atoms with van der Waals surface area (Å²) in [5.41, 5.74) is 0. The van der Waals surface area contributed by atoms with Crippen molar-refractivity contribution in [3.8, 4) is 0 Å². The largest absolute Gasteiger partial charge is 0.479 e. The molecule has 0 aliphatic rings. The Bertz CT molecular complexity index is 271. The average Bonchev–Trinajstić information content (AvgIpc) is 2.28. The van der Waals surface area contributed by atoms with E-state index < -0.39 is 12.1 Å². The summed E-state index contributed by atoms with van der Waals surface area (Å²) in [7, 11) is 6.91. The monoisotopic (exact) mass is 261 g/mol. The Morgan fingerprint density at radius 1 is 1.28 bits per heavy atom. The molecule has 2 amide bonds. The highest BCUT2D eigenvalue weighted by Gasteiger charge is 2.18. The first-order valence-electron chi connectivity index (χ1n) is 5.77. The summed E-state index contributed by atoms with van der Waals surface area (Å²) in [6.07, 6.45) is -0.145. The lowest BCUT2D eigenvalue weighted by Gasteiger charge is -2.20. The van der Waals surface area contributed by atoms with Gasteiger partial charge in [0, 0.05) is 20.7 Å². The Morgan fingerprint density at radius 2 is 1.89 bits per heavy atom. The summed E-state index contributed by atoms with van der Waals surface area (Å²) >= 11 is 0.